The average Bonchev–Trinajstić information content (AvgIpc) is 3.36. The van der Waals surface area contributed by atoms with Crippen LogP contribution in [0, 0.1) is 23.2 Å². The molecule has 1 aliphatic carbocycles. The van der Waals surface area contributed by atoms with Gasteiger partial charge in [-0.05, 0) is 56.4 Å². The molecule has 1 aromatic carbocycles. The summed E-state index contributed by atoms with van der Waals surface area (Å²) in [5.41, 5.74) is 7.46. The van der Waals surface area contributed by atoms with Crippen LogP contribution in [0.2, 0.25) is 0 Å². The van der Waals surface area contributed by atoms with Gasteiger partial charge in [0.25, 0.3) is 0 Å². The van der Waals surface area contributed by atoms with Gasteiger partial charge in [0.1, 0.15) is 6.17 Å². The number of hydrogen-bond acceptors (Lipinski definition) is 6. The van der Waals surface area contributed by atoms with E-state index in [9.17, 15) is 10.1 Å². The number of anilines is 1. The lowest BCUT2D eigenvalue weighted by molar-refractivity contribution is -0.128. The van der Waals surface area contributed by atoms with Crippen molar-refractivity contribution in [1.29, 1.82) is 5.26 Å². The number of amides is 1. The molecule has 3 N–H and O–H groups in total. The number of hydrazine groups is 1. The highest BCUT2D eigenvalue weighted by Crippen LogP contribution is 2.37. The fourth-order valence-corrected chi connectivity index (χ4v) is 5.95. The van der Waals surface area contributed by atoms with Gasteiger partial charge in [0.05, 0.1) is 17.9 Å². The van der Waals surface area contributed by atoms with Crippen molar-refractivity contribution < 1.29 is 4.79 Å². The Hall–Kier alpha value is -2.14. The molecule has 5 rings (SSSR count). The van der Waals surface area contributed by atoms with Crippen LogP contribution >= 0.6 is 0 Å². The van der Waals surface area contributed by atoms with Crippen LogP contribution in [0.3, 0.4) is 0 Å². The molecule has 5 atom stereocenters. The summed E-state index contributed by atoms with van der Waals surface area (Å²) < 4.78 is 0. The van der Waals surface area contributed by atoms with E-state index in [0.29, 0.717) is 12.6 Å². The molecular weight excluding hydrogens is 388 g/mol. The third-order valence-electron chi connectivity index (χ3n) is 7.72. The largest absolute Gasteiger partial charge is 0.368 e. The van der Waals surface area contributed by atoms with Crippen LogP contribution in [0.15, 0.2) is 18.2 Å². The molecule has 4 aliphatic rings. The van der Waals surface area contributed by atoms with Gasteiger partial charge in [-0.15, -0.1) is 0 Å². The fourth-order valence-electron chi connectivity index (χ4n) is 5.95. The number of nitriles is 1. The van der Waals surface area contributed by atoms with Crippen LogP contribution in [-0.4, -0.2) is 46.7 Å². The van der Waals surface area contributed by atoms with Gasteiger partial charge in [-0.3, -0.25) is 9.69 Å². The first kappa shape index (κ1) is 20.7. The summed E-state index contributed by atoms with van der Waals surface area (Å²) in [7, 11) is 0. The standard InChI is InChI=1S/C24H34N6O/c1-15(2)29-13-17-7-8-19(11-18(17)14-29)27-23-22-21(9-10-26-24(22)31)30(28-23)20-6-4-3-5-16(20)12-25/h7-8,11,15-16,20-23,27-28H,3-6,9-10,13-14H2,1-2H3,(H,26,31)/t16-,20+,21?,22?,23?/m1/s1. The van der Waals surface area contributed by atoms with E-state index in [1.54, 1.807) is 0 Å². The number of benzene rings is 1. The number of nitrogens with zero attached hydrogens (tertiary/aromatic N) is 3. The normalized spacial score (nSPS) is 33.6. The van der Waals surface area contributed by atoms with Gasteiger partial charge in [0.15, 0.2) is 0 Å². The number of carbonyl (C=O) groups is 1. The Morgan fingerprint density at radius 2 is 1.94 bits per heavy atom. The minimum atomic E-state index is -0.160. The second-order valence-corrected chi connectivity index (χ2v) is 9.90. The molecule has 3 fully saturated rings. The summed E-state index contributed by atoms with van der Waals surface area (Å²) in [6.45, 7) is 7.17. The second kappa shape index (κ2) is 8.42. The van der Waals surface area contributed by atoms with Crippen molar-refractivity contribution >= 4 is 11.6 Å². The summed E-state index contributed by atoms with van der Waals surface area (Å²) in [5, 5.41) is 18.7. The molecule has 1 aromatic rings. The Balaban J connectivity index is 1.36. The third kappa shape index (κ3) is 3.82. The smallest absolute Gasteiger partial charge is 0.228 e. The first-order valence-corrected chi connectivity index (χ1v) is 11.9. The molecule has 3 aliphatic heterocycles. The Kier molecular flexibility index (Phi) is 5.63. The number of piperidine rings is 1. The van der Waals surface area contributed by atoms with E-state index in [4.69, 9.17) is 0 Å². The number of hydrogen-bond donors (Lipinski definition) is 3. The van der Waals surface area contributed by atoms with E-state index in [0.717, 1.165) is 50.9 Å². The Morgan fingerprint density at radius 3 is 2.74 bits per heavy atom. The van der Waals surface area contributed by atoms with Crippen molar-refractivity contribution in [3.63, 3.8) is 0 Å². The molecule has 31 heavy (non-hydrogen) atoms. The topological polar surface area (TPSA) is 83.4 Å². The zero-order chi connectivity index (χ0) is 21.5. The highest BCUT2D eigenvalue weighted by atomic mass is 16.2. The molecule has 0 spiro atoms. The Labute approximate surface area is 185 Å². The van der Waals surface area contributed by atoms with Crippen LogP contribution in [0.5, 0.6) is 0 Å². The molecule has 3 unspecified atom stereocenters. The predicted octanol–water partition coefficient (Wildman–Crippen LogP) is 2.56. The van der Waals surface area contributed by atoms with E-state index in [-0.39, 0.29) is 36.0 Å². The van der Waals surface area contributed by atoms with E-state index in [2.05, 4.69) is 64.1 Å². The van der Waals surface area contributed by atoms with Crippen molar-refractivity contribution in [2.75, 3.05) is 11.9 Å². The van der Waals surface area contributed by atoms with Gasteiger partial charge >= 0.3 is 0 Å². The summed E-state index contributed by atoms with van der Waals surface area (Å²) in [6, 6.07) is 9.99. The summed E-state index contributed by atoms with van der Waals surface area (Å²) >= 11 is 0. The van der Waals surface area contributed by atoms with Crippen LogP contribution < -0.4 is 16.1 Å². The van der Waals surface area contributed by atoms with E-state index >= 15 is 0 Å². The Morgan fingerprint density at radius 1 is 1.13 bits per heavy atom. The molecule has 1 amide bonds. The second-order valence-electron chi connectivity index (χ2n) is 9.90. The molecule has 7 heteroatoms. The Bertz CT molecular complexity index is 879. The number of nitrogens with one attached hydrogen (secondary N) is 3. The number of rotatable bonds is 4. The maximum atomic E-state index is 12.9. The van der Waals surface area contributed by atoms with E-state index in [1.807, 2.05) is 0 Å². The van der Waals surface area contributed by atoms with Crippen molar-refractivity contribution in [1.82, 2.24) is 20.7 Å². The molecule has 0 aromatic heterocycles. The number of carbonyl (C=O) groups excluding carboxylic acids is 1. The van der Waals surface area contributed by atoms with Crippen molar-refractivity contribution in [2.45, 2.75) is 83.3 Å². The molecule has 0 bridgehead atoms. The van der Waals surface area contributed by atoms with Gasteiger partial charge in [-0.2, -0.15) is 5.26 Å². The highest BCUT2D eigenvalue weighted by Gasteiger charge is 2.51. The van der Waals surface area contributed by atoms with E-state index in [1.165, 1.54) is 11.1 Å². The first-order valence-electron chi connectivity index (χ1n) is 11.9. The molecule has 3 heterocycles. The average molecular weight is 423 g/mol. The van der Waals surface area contributed by atoms with Gasteiger partial charge in [0, 0.05) is 43.4 Å². The maximum absolute atomic E-state index is 12.9. The lowest BCUT2D eigenvalue weighted by Gasteiger charge is -2.39. The molecule has 7 nitrogen and oxygen atoms in total. The van der Waals surface area contributed by atoms with E-state index < -0.39 is 0 Å². The van der Waals surface area contributed by atoms with Crippen molar-refractivity contribution in [3.8, 4) is 6.07 Å². The summed E-state index contributed by atoms with van der Waals surface area (Å²) in [4.78, 5) is 15.3. The third-order valence-corrected chi connectivity index (χ3v) is 7.72. The zero-order valence-electron chi connectivity index (χ0n) is 18.6. The van der Waals surface area contributed by atoms with Crippen molar-refractivity contribution in [2.24, 2.45) is 11.8 Å². The molecule has 1 saturated carbocycles. The molecule has 166 valence electrons. The van der Waals surface area contributed by atoms with Gasteiger partial charge < -0.3 is 10.6 Å². The van der Waals surface area contributed by atoms with Gasteiger partial charge in [-0.25, -0.2) is 10.4 Å². The van der Waals surface area contributed by atoms with Crippen LogP contribution in [0.25, 0.3) is 0 Å². The molecular formula is C24H34N6O. The lowest BCUT2D eigenvalue weighted by Crippen LogP contribution is -2.54. The molecule has 2 saturated heterocycles. The van der Waals surface area contributed by atoms with Crippen LogP contribution in [-0.2, 0) is 17.9 Å². The zero-order valence-corrected chi connectivity index (χ0v) is 18.6. The lowest BCUT2D eigenvalue weighted by atomic mass is 9.83. The first-order chi connectivity index (χ1) is 15.0. The summed E-state index contributed by atoms with van der Waals surface area (Å²) in [6.07, 6.45) is 5.02. The van der Waals surface area contributed by atoms with Gasteiger partial charge in [0.2, 0.25) is 5.91 Å². The predicted molar refractivity (Wildman–Crippen MR) is 119 cm³/mol. The number of fused-ring (bicyclic) bond motifs is 2. The SMILES string of the molecule is CC(C)N1Cc2ccc(NC3NN([C@H]4CCCC[C@@H]4C#N)C4CCNC(=O)C34)cc2C1. The minimum absolute atomic E-state index is 0.0349. The fraction of sp³-hybridized carbons (Fsp3) is 0.667. The molecule has 0 radical (unpaired) electrons. The monoisotopic (exact) mass is 422 g/mol. The van der Waals surface area contributed by atoms with Gasteiger partial charge in [-0.1, -0.05) is 18.9 Å². The quantitative estimate of drug-likeness (QED) is 0.692. The summed E-state index contributed by atoms with van der Waals surface area (Å²) in [5.74, 6) is -0.0108. The maximum Gasteiger partial charge on any atom is 0.228 e. The van der Waals surface area contributed by atoms with Crippen LogP contribution in [0.4, 0.5) is 5.69 Å². The minimum Gasteiger partial charge on any atom is -0.368 e. The van der Waals surface area contributed by atoms with Crippen LogP contribution in [0.1, 0.15) is 57.1 Å². The highest BCUT2D eigenvalue weighted by molar-refractivity contribution is 5.82. The van der Waals surface area contributed by atoms with Crippen molar-refractivity contribution in [3.05, 3.63) is 29.3 Å².